The summed E-state index contributed by atoms with van der Waals surface area (Å²) < 4.78 is 0. The molecule has 20 heavy (non-hydrogen) atoms. The Bertz CT molecular complexity index is 621. The summed E-state index contributed by atoms with van der Waals surface area (Å²) in [6.45, 7) is 0. The quantitative estimate of drug-likeness (QED) is 0.871. The van der Waals surface area contributed by atoms with Crippen molar-refractivity contribution in [2.75, 3.05) is 0 Å². The molecule has 3 rings (SSSR count). The summed E-state index contributed by atoms with van der Waals surface area (Å²) in [4.78, 5) is 20.6. The van der Waals surface area contributed by atoms with E-state index in [4.69, 9.17) is 0 Å². The first-order chi connectivity index (χ1) is 9.72. The average Bonchev–Trinajstić information content (AvgIpc) is 2.49. The predicted molar refractivity (Wildman–Crippen MR) is 75.3 cm³/mol. The van der Waals surface area contributed by atoms with E-state index in [-0.39, 0.29) is 18.1 Å². The number of amides is 1. The van der Waals surface area contributed by atoms with Crippen LogP contribution >= 0.6 is 0 Å². The van der Waals surface area contributed by atoms with Crippen LogP contribution in [0.2, 0.25) is 0 Å². The minimum atomic E-state index is -0.209. The third-order valence-electron chi connectivity index (χ3n) is 3.76. The largest absolute Gasteiger partial charge is 0.393 e. The lowest BCUT2D eigenvalue weighted by Gasteiger charge is -2.26. The van der Waals surface area contributed by atoms with Crippen LogP contribution in [0.25, 0.3) is 11.0 Å². The van der Waals surface area contributed by atoms with Crippen LogP contribution in [0.5, 0.6) is 0 Å². The van der Waals surface area contributed by atoms with Gasteiger partial charge in [0.15, 0.2) is 0 Å². The van der Waals surface area contributed by atoms with E-state index in [9.17, 15) is 9.90 Å². The lowest BCUT2D eigenvalue weighted by atomic mass is 9.93. The number of benzene rings is 1. The molecule has 2 N–H and O–H groups in total. The second kappa shape index (κ2) is 5.54. The van der Waals surface area contributed by atoms with Crippen LogP contribution in [0.15, 0.2) is 30.6 Å². The minimum Gasteiger partial charge on any atom is -0.393 e. The topological polar surface area (TPSA) is 75.1 Å². The van der Waals surface area contributed by atoms with E-state index in [1.807, 2.05) is 6.07 Å². The summed E-state index contributed by atoms with van der Waals surface area (Å²) in [5, 5.41) is 12.5. The van der Waals surface area contributed by atoms with Crippen LogP contribution in [0.3, 0.4) is 0 Å². The van der Waals surface area contributed by atoms with Gasteiger partial charge >= 0.3 is 0 Å². The van der Waals surface area contributed by atoms with Gasteiger partial charge in [-0.15, -0.1) is 0 Å². The van der Waals surface area contributed by atoms with Crippen molar-refractivity contribution >= 4 is 16.9 Å². The Kier molecular flexibility index (Phi) is 3.60. The second-order valence-electron chi connectivity index (χ2n) is 5.24. The molecule has 0 atom stereocenters. The lowest BCUT2D eigenvalue weighted by Crippen LogP contribution is -2.38. The van der Waals surface area contributed by atoms with E-state index in [2.05, 4.69) is 15.3 Å². The number of aliphatic hydroxyl groups excluding tert-OH is 1. The zero-order valence-electron chi connectivity index (χ0n) is 11.1. The molecule has 1 fully saturated rings. The van der Waals surface area contributed by atoms with Crippen LogP contribution in [0.4, 0.5) is 0 Å². The van der Waals surface area contributed by atoms with E-state index in [0.717, 1.165) is 36.7 Å². The molecule has 0 aliphatic heterocycles. The Labute approximate surface area is 117 Å². The first-order valence-electron chi connectivity index (χ1n) is 6.92. The average molecular weight is 271 g/mol. The molecule has 0 radical (unpaired) electrons. The molecule has 1 aliphatic rings. The standard InChI is InChI=1S/C15H17N3O2/c19-12-4-2-11(3-5-12)18-15(20)10-1-6-13-14(9-10)17-8-7-16-13/h1,6-9,11-12,19H,2-5H2,(H,18,20). The number of aromatic nitrogens is 2. The summed E-state index contributed by atoms with van der Waals surface area (Å²) in [7, 11) is 0. The Morgan fingerprint density at radius 3 is 2.55 bits per heavy atom. The van der Waals surface area contributed by atoms with Crippen molar-refractivity contribution in [3.8, 4) is 0 Å². The van der Waals surface area contributed by atoms with Crippen LogP contribution in [0, 0.1) is 0 Å². The number of hydrogen-bond donors (Lipinski definition) is 2. The molecule has 0 bridgehead atoms. The highest BCUT2D eigenvalue weighted by Crippen LogP contribution is 2.19. The van der Waals surface area contributed by atoms with Crippen LogP contribution < -0.4 is 5.32 Å². The summed E-state index contributed by atoms with van der Waals surface area (Å²) in [6, 6.07) is 5.49. The zero-order chi connectivity index (χ0) is 13.9. The highest BCUT2D eigenvalue weighted by molar-refractivity contribution is 5.97. The molecule has 5 heteroatoms. The van der Waals surface area contributed by atoms with Crippen LogP contribution in [-0.2, 0) is 0 Å². The zero-order valence-corrected chi connectivity index (χ0v) is 11.1. The molecule has 1 aliphatic carbocycles. The molecule has 0 unspecified atom stereocenters. The maximum absolute atomic E-state index is 12.2. The van der Waals surface area contributed by atoms with Gasteiger partial charge in [0.05, 0.1) is 17.1 Å². The van der Waals surface area contributed by atoms with Gasteiger partial charge in [-0.3, -0.25) is 14.8 Å². The van der Waals surface area contributed by atoms with Gasteiger partial charge in [0.25, 0.3) is 5.91 Å². The van der Waals surface area contributed by atoms with Crippen molar-refractivity contribution in [3.05, 3.63) is 36.2 Å². The molecule has 2 aromatic rings. The summed E-state index contributed by atoms with van der Waals surface area (Å²) in [5.41, 5.74) is 2.10. The first-order valence-corrected chi connectivity index (χ1v) is 6.92. The van der Waals surface area contributed by atoms with Gasteiger partial charge in [0.1, 0.15) is 0 Å². The van der Waals surface area contributed by atoms with Gasteiger partial charge in [0.2, 0.25) is 0 Å². The van der Waals surface area contributed by atoms with E-state index in [0.29, 0.717) is 5.56 Å². The maximum Gasteiger partial charge on any atom is 0.251 e. The molecule has 0 saturated heterocycles. The van der Waals surface area contributed by atoms with Crippen LogP contribution in [-0.4, -0.2) is 33.1 Å². The molecular formula is C15H17N3O2. The third kappa shape index (κ3) is 2.77. The molecule has 104 valence electrons. The number of fused-ring (bicyclic) bond motifs is 1. The summed E-state index contributed by atoms with van der Waals surface area (Å²) in [5.74, 6) is -0.0843. The van der Waals surface area contributed by atoms with Gasteiger partial charge < -0.3 is 10.4 Å². The monoisotopic (exact) mass is 271 g/mol. The predicted octanol–water partition coefficient (Wildman–Crippen LogP) is 1.66. The highest BCUT2D eigenvalue weighted by Gasteiger charge is 2.21. The number of carbonyl (C=O) groups is 1. The number of carbonyl (C=O) groups excluding carboxylic acids is 1. The van der Waals surface area contributed by atoms with Crippen molar-refractivity contribution < 1.29 is 9.90 Å². The summed E-state index contributed by atoms with van der Waals surface area (Å²) >= 11 is 0. The normalized spacial score (nSPS) is 22.6. The smallest absolute Gasteiger partial charge is 0.251 e. The first kappa shape index (κ1) is 13.0. The summed E-state index contributed by atoms with van der Waals surface area (Å²) in [6.07, 6.45) is 6.23. The molecule has 0 spiro atoms. The Morgan fingerprint density at radius 2 is 1.80 bits per heavy atom. The molecule has 1 aromatic heterocycles. The fraction of sp³-hybridized carbons (Fsp3) is 0.400. The maximum atomic E-state index is 12.2. The Morgan fingerprint density at radius 1 is 1.10 bits per heavy atom. The number of nitrogens with one attached hydrogen (secondary N) is 1. The highest BCUT2D eigenvalue weighted by atomic mass is 16.3. The van der Waals surface area contributed by atoms with Crippen molar-refractivity contribution in [1.82, 2.24) is 15.3 Å². The SMILES string of the molecule is O=C(NC1CCC(O)CC1)c1ccc2nccnc2c1. The number of hydrogen-bond acceptors (Lipinski definition) is 4. The van der Waals surface area contributed by atoms with Crippen LogP contribution in [0.1, 0.15) is 36.0 Å². The Balaban J connectivity index is 1.72. The van der Waals surface area contributed by atoms with Crippen molar-refractivity contribution in [2.24, 2.45) is 0 Å². The molecule has 1 saturated carbocycles. The number of nitrogens with zero attached hydrogens (tertiary/aromatic N) is 2. The fourth-order valence-corrected chi connectivity index (χ4v) is 2.59. The second-order valence-corrected chi connectivity index (χ2v) is 5.24. The van der Waals surface area contributed by atoms with E-state index < -0.39 is 0 Å². The van der Waals surface area contributed by atoms with Gasteiger partial charge in [-0.25, -0.2) is 0 Å². The van der Waals surface area contributed by atoms with E-state index >= 15 is 0 Å². The molecule has 5 nitrogen and oxygen atoms in total. The van der Waals surface area contributed by atoms with Crippen molar-refractivity contribution in [3.63, 3.8) is 0 Å². The van der Waals surface area contributed by atoms with E-state index in [1.54, 1.807) is 24.5 Å². The molecule has 1 aromatic carbocycles. The lowest BCUT2D eigenvalue weighted by molar-refractivity contribution is 0.0868. The number of aliphatic hydroxyl groups is 1. The Hall–Kier alpha value is -2.01. The van der Waals surface area contributed by atoms with Crippen molar-refractivity contribution in [1.29, 1.82) is 0 Å². The molecule has 1 amide bonds. The number of rotatable bonds is 2. The van der Waals surface area contributed by atoms with E-state index in [1.165, 1.54) is 0 Å². The van der Waals surface area contributed by atoms with Gasteiger partial charge in [-0.1, -0.05) is 0 Å². The molecule has 1 heterocycles. The minimum absolute atomic E-state index is 0.0843. The van der Waals surface area contributed by atoms with Crippen molar-refractivity contribution in [2.45, 2.75) is 37.8 Å². The molecular weight excluding hydrogens is 254 g/mol. The van der Waals surface area contributed by atoms with Gasteiger partial charge in [-0.05, 0) is 43.9 Å². The van der Waals surface area contributed by atoms with Gasteiger partial charge in [0, 0.05) is 24.0 Å². The fourth-order valence-electron chi connectivity index (χ4n) is 2.59. The third-order valence-corrected chi connectivity index (χ3v) is 3.76. The van der Waals surface area contributed by atoms with Gasteiger partial charge in [-0.2, -0.15) is 0 Å².